The van der Waals surface area contributed by atoms with Crippen LogP contribution in [0.5, 0.6) is 11.5 Å². The lowest BCUT2D eigenvalue weighted by Gasteiger charge is -2.36. The smallest absolute Gasteiger partial charge is 0.336 e. The van der Waals surface area contributed by atoms with Gasteiger partial charge in [-0.05, 0) is 77.8 Å². The van der Waals surface area contributed by atoms with E-state index < -0.39 is 0 Å². The molecule has 0 atom stereocenters. The van der Waals surface area contributed by atoms with Crippen LogP contribution in [0.15, 0.2) is 194 Å². The number of fused-ring (bicyclic) bond motifs is 7. The summed E-state index contributed by atoms with van der Waals surface area (Å²) in [5.41, 5.74) is 13.7. The van der Waals surface area contributed by atoms with Gasteiger partial charge in [-0.3, -0.25) is 0 Å². The number of aromatic nitrogens is 1. The molecule has 0 aliphatic carbocycles. The van der Waals surface area contributed by atoms with E-state index in [-0.39, 0.29) is 6.85 Å². The Morgan fingerprint density at radius 3 is 1.55 bits per heavy atom. The Morgan fingerprint density at radius 2 is 0.925 bits per heavy atom. The molecule has 11 rings (SSSR count). The van der Waals surface area contributed by atoms with E-state index in [1.165, 1.54) is 38.4 Å². The maximum absolute atomic E-state index is 7.18. The number of anilines is 6. The number of ether oxygens (including phenoxy) is 1. The topological polar surface area (TPSA) is 20.6 Å². The maximum Gasteiger partial charge on any atom is 0.336 e. The Hall–Kier alpha value is -6.98. The van der Waals surface area contributed by atoms with Crippen molar-refractivity contribution in [1.82, 2.24) is 4.48 Å². The zero-order chi connectivity index (χ0) is 34.9. The molecule has 2 aliphatic heterocycles. The van der Waals surface area contributed by atoms with Crippen LogP contribution in [-0.2, 0) is 0 Å². The zero-order valence-corrected chi connectivity index (χ0v) is 28.8. The minimum Gasteiger partial charge on any atom is -0.458 e. The molecular weight excluding hydrogens is 645 g/mol. The van der Waals surface area contributed by atoms with Gasteiger partial charge in [0.05, 0.1) is 5.69 Å². The van der Waals surface area contributed by atoms with Gasteiger partial charge in [0.15, 0.2) is 0 Å². The summed E-state index contributed by atoms with van der Waals surface area (Å²) in [5, 5.41) is 2.53. The summed E-state index contributed by atoms with van der Waals surface area (Å²) in [4.78, 5) is 4.63. The molecule has 0 bridgehead atoms. The molecule has 0 saturated carbocycles. The fraction of sp³-hybridized carbons (Fsp3) is 0. The van der Waals surface area contributed by atoms with Crippen LogP contribution >= 0.6 is 0 Å². The molecule has 2 aliphatic rings. The molecule has 1 aromatic heterocycles. The quantitative estimate of drug-likeness (QED) is 0.163. The summed E-state index contributed by atoms with van der Waals surface area (Å²) in [6, 6.07) is 69.3. The molecule has 5 heteroatoms. The second kappa shape index (κ2) is 11.8. The van der Waals surface area contributed by atoms with Gasteiger partial charge >= 0.3 is 6.85 Å². The summed E-state index contributed by atoms with van der Waals surface area (Å²) >= 11 is 0. The predicted octanol–water partition coefficient (Wildman–Crippen LogP) is 11.5. The van der Waals surface area contributed by atoms with E-state index in [1.54, 1.807) is 0 Å². The molecule has 3 heterocycles. The maximum atomic E-state index is 7.18. The van der Waals surface area contributed by atoms with Gasteiger partial charge in [-0.25, -0.2) is 0 Å². The van der Waals surface area contributed by atoms with Crippen molar-refractivity contribution in [1.29, 1.82) is 0 Å². The highest BCUT2D eigenvalue weighted by atomic mass is 16.5. The number of hydrogen-bond acceptors (Lipinski definition) is 3. The minimum atomic E-state index is -0.0760. The van der Waals surface area contributed by atoms with Crippen molar-refractivity contribution < 1.29 is 4.74 Å². The van der Waals surface area contributed by atoms with Crippen LogP contribution in [0.1, 0.15) is 0 Å². The third kappa shape index (κ3) is 4.57. The molecular formula is C48H32BN3O. The Kier molecular flexibility index (Phi) is 6.61. The van der Waals surface area contributed by atoms with Crippen molar-refractivity contribution in [2.75, 3.05) is 9.80 Å². The van der Waals surface area contributed by atoms with Gasteiger partial charge in [-0.2, -0.15) is 0 Å². The first kappa shape index (κ1) is 29.7. The summed E-state index contributed by atoms with van der Waals surface area (Å²) in [6.45, 7) is -0.0760. The lowest BCUT2D eigenvalue weighted by atomic mass is 9.46. The Balaban J connectivity index is 1.19. The summed E-state index contributed by atoms with van der Waals surface area (Å²) in [5.74, 6) is 1.73. The van der Waals surface area contributed by atoms with Crippen molar-refractivity contribution in [2.45, 2.75) is 0 Å². The zero-order valence-electron chi connectivity index (χ0n) is 28.8. The van der Waals surface area contributed by atoms with E-state index in [2.05, 4.69) is 208 Å². The molecule has 9 aromatic rings. The van der Waals surface area contributed by atoms with E-state index in [0.717, 1.165) is 51.1 Å². The largest absolute Gasteiger partial charge is 0.458 e. The number of benzene rings is 8. The fourth-order valence-corrected chi connectivity index (χ4v) is 8.59. The molecule has 0 amide bonds. The van der Waals surface area contributed by atoms with E-state index in [4.69, 9.17) is 4.74 Å². The number of rotatable bonds is 6. The average molecular weight is 678 g/mol. The molecule has 0 unspecified atom stereocenters. The van der Waals surface area contributed by atoms with Crippen LogP contribution in [0, 0.1) is 0 Å². The molecule has 248 valence electrons. The Bertz CT molecular complexity index is 2740. The van der Waals surface area contributed by atoms with Crippen LogP contribution in [-0.4, -0.2) is 11.3 Å². The first-order chi connectivity index (χ1) is 26.3. The highest BCUT2D eigenvalue weighted by Gasteiger charge is 2.42. The SMILES string of the molecule is c1ccc(N(c2ccccc2)c2ccc3c(c2)Oc2cc(N(c4ccccc4)c4ccccc4)cc4c2B3n2c3ccccc3c3cccc-4c32)cc1. The first-order valence-corrected chi connectivity index (χ1v) is 18.1. The molecule has 0 radical (unpaired) electrons. The van der Waals surface area contributed by atoms with Crippen molar-refractivity contribution in [3.63, 3.8) is 0 Å². The van der Waals surface area contributed by atoms with E-state index in [0.29, 0.717) is 0 Å². The highest BCUT2D eigenvalue weighted by molar-refractivity contribution is 6.88. The van der Waals surface area contributed by atoms with E-state index >= 15 is 0 Å². The third-order valence-corrected chi connectivity index (χ3v) is 10.8. The minimum absolute atomic E-state index is 0.0760. The van der Waals surface area contributed by atoms with Crippen molar-refractivity contribution in [3.05, 3.63) is 194 Å². The van der Waals surface area contributed by atoms with Gasteiger partial charge in [-0.1, -0.05) is 115 Å². The van der Waals surface area contributed by atoms with Gasteiger partial charge in [0.1, 0.15) is 11.5 Å². The summed E-state index contributed by atoms with van der Waals surface area (Å²) in [6.07, 6.45) is 0. The van der Waals surface area contributed by atoms with E-state index in [9.17, 15) is 0 Å². The standard InChI is InChI=1S/C48H32BN3O/c1-5-16-33(17-6-1)50(34-18-7-2-8-19-34)37-28-29-43-45(31-37)53-46-32-38(51(35-20-9-3-10-21-35)36-22-11-4-12-23-36)30-42-41-26-15-25-40-39-24-13-14-27-44(39)52(48(40)41)49(43)47(42)46/h1-32H. The second-order valence-corrected chi connectivity index (χ2v) is 13.7. The van der Waals surface area contributed by atoms with Crippen molar-refractivity contribution >= 4 is 73.7 Å². The fourth-order valence-electron chi connectivity index (χ4n) is 8.59. The van der Waals surface area contributed by atoms with Gasteiger partial charge in [0, 0.05) is 73.4 Å². The third-order valence-electron chi connectivity index (χ3n) is 10.8. The lowest BCUT2D eigenvalue weighted by molar-refractivity contribution is 0.487. The molecule has 8 aromatic carbocycles. The van der Waals surface area contributed by atoms with Crippen LogP contribution in [0.25, 0.3) is 32.9 Å². The number of hydrogen-bond donors (Lipinski definition) is 0. The van der Waals surface area contributed by atoms with Gasteiger partial charge in [0.25, 0.3) is 0 Å². The Morgan fingerprint density at radius 1 is 0.396 bits per heavy atom. The van der Waals surface area contributed by atoms with Gasteiger partial charge in [-0.15, -0.1) is 0 Å². The molecule has 53 heavy (non-hydrogen) atoms. The van der Waals surface area contributed by atoms with Crippen LogP contribution in [0.2, 0.25) is 0 Å². The Labute approximate surface area is 308 Å². The summed E-state index contributed by atoms with van der Waals surface area (Å²) in [7, 11) is 0. The average Bonchev–Trinajstić information content (AvgIpc) is 3.56. The normalized spacial score (nSPS) is 12.3. The second-order valence-electron chi connectivity index (χ2n) is 13.7. The number of nitrogens with zero attached hydrogens (tertiary/aromatic N) is 3. The monoisotopic (exact) mass is 677 g/mol. The molecule has 0 saturated heterocycles. The van der Waals surface area contributed by atoms with Crippen molar-refractivity contribution in [2.24, 2.45) is 0 Å². The molecule has 0 spiro atoms. The van der Waals surface area contributed by atoms with Crippen molar-refractivity contribution in [3.8, 4) is 22.6 Å². The molecule has 0 N–H and O–H groups in total. The summed E-state index contributed by atoms with van der Waals surface area (Å²) < 4.78 is 9.74. The lowest BCUT2D eigenvalue weighted by Crippen LogP contribution is -2.54. The predicted molar refractivity (Wildman–Crippen MR) is 221 cm³/mol. The van der Waals surface area contributed by atoms with Gasteiger partial charge < -0.3 is 19.0 Å². The highest BCUT2D eigenvalue weighted by Crippen LogP contribution is 2.47. The molecule has 0 fully saturated rings. The molecule has 4 nitrogen and oxygen atoms in total. The van der Waals surface area contributed by atoms with Crippen LogP contribution < -0.4 is 25.5 Å². The van der Waals surface area contributed by atoms with Crippen LogP contribution in [0.3, 0.4) is 0 Å². The van der Waals surface area contributed by atoms with Crippen LogP contribution in [0.4, 0.5) is 34.1 Å². The van der Waals surface area contributed by atoms with E-state index in [1.807, 2.05) is 0 Å². The van der Waals surface area contributed by atoms with Gasteiger partial charge in [0.2, 0.25) is 0 Å². The number of para-hydroxylation sites is 6. The first-order valence-electron chi connectivity index (χ1n) is 18.1.